The summed E-state index contributed by atoms with van der Waals surface area (Å²) >= 11 is 6.82. The van der Waals surface area contributed by atoms with Crippen LogP contribution in [0.15, 0.2) is 155 Å². The molecular weight excluding hydrogens is 1020 g/mol. The van der Waals surface area contributed by atoms with Crippen molar-refractivity contribution in [3.63, 3.8) is 0 Å². The van der Waals surface area contributed by atoms with Gasteiger partial charge in [0.05, 0.1) is 28.1 Å². The minimum Gasteiger partial charge on any atom is -0.348 e. The number of nitrogens with one attached hydrogen (secondary N) is 3. The van der Waals surface area contributed by atoms with E-state index >= 15 is 0 Å². The number of benzene rings is 3. The fourth-order valence-corrected chi connectivity index (χ4v) is 7.44. The number of amides is 3. The number of carbonyl (C=O) groups is 3. The number of hydrogen-bond donors (Lipinski definition) is 3. The number of hydrogen-bond acceptors (Lipinski definition) is 9. The summed E-state index contributed by atoms with van der Waals surface area (Å²) in [7, 11) is 0. The highest BCUT2D eigenvalue weighted by atomic mass is 79.9. The molecule has 18 heteroatoms. The van der Waals surface area contributed by atoms with Gasteiger partial charge in [-0.1, -0.05) is 68.3 Å². The number of pyridine rings is 6. The number of alkyl halides is 3. The zero-order chi connectivity index (χ0) is 49.1. The maximum absolute atomic E-state index is 13.2. The van der Waals surface area contributed by atoms with Gasteiger partial charge in [-0.25, -0.2) is 34.3 Å². The van der Waals surface area contributed by atoms with Crippen LogP contribution in [0.1, 0.15) is 64.8 Å². The van der Waals surface area contributed by atoms with Gasteiger partial charge >= 0.3 is 6.18 Å². The van der Waals surface area contributed by atoms with Gasteiger partial charge in [0.1, 0.15) is 5.82 Å². The molecule has 3 amide bonds. The van der Waals surface area contributed by atoms with E-state index in [0.717, 1.165) is 36.9 Å². The lowest BCUT2D eigenvalue weighted by molar-refractivity contribution is -0.141. The third-order valence-electron chi connectivity index (χ3n) is 10.2. The van der Waals surface area contributed by atoms with Gasteiger partial charge in [-0.3, -0.25) is 14.4 Å². The van der Waals surface area contributed by atoms with E-state index in [1.807, 2.05) is 98.8 Å². The van der Waals surface area contributed by atoms with Crippen molar-refractivity contribution in [1.29, 1.82) is 0 Å². The molecule has 3 aromatic carbocycles. The summed E-state index contributed by atoms with van der Waals surface area (Å²) in [4.78, 5) is 61.4. The van der Waals surface area contributed by atoms with Crippen LogP contribution in [0.3, 0.4) is 0 Å². The van der Waals surface area contributed by atoms with E-state index in [1.165, 1.54) is 42.6 Å². The Labute approximate surface area is 409 Å². The van der Waals surface area contributed by atoms with Gasteiger partial charge < -0.3 is 16.0 Å². The Morgan fingerprint density at radius 3 is 1.38 bits per heavy atom. The highest BCUT2D eigenvalue weighted by Gasteiger charge is 2.38. The third-order valence-corrected chi connectivity index (χ3v) is 11.2. The maximum atomic E-state index is 13.2. The Kier molecular flexibility index (Phi) is 16.1. The fraction of sp³-hybridized carbons (Fsp3) is 0.118. The van der Waals surface area contributed by atoms with E-state index in [-0.39, 0.29) is 24.0 Å². The number of rotatable bonds is 9. The summed E-state index contributed by atoms with van der Waals surface area (Å²) in [6.07, 6.45) is -0.0815. The van der Waals surface area contributed by atoms with Crippen molar-refractivity contribution in [2.45, 2.75) is 39.7 Å². The molecule has 0 saturated carbocycles. The molecule has 0 spiro atoms. The van der Waals surface area contributed by atoms with Gasteiger partial charge in [0, 0.05) is 63.3 Å². The molecule has 6 aromatic heterocycles. The first-order chi connectivity index (χ1) is 33.1. The predicted molar refractivity (Wildman–Crippen MR) is 261 cm³/mol. The first kappa shape index (κ1) is 49.3. The Balaban J connectivity index is 0.000000153. The van der Waals surface area contributed by atoms with Crippen molar-refractivity contribution >= 4 is 82.7 Å². The second-order valence-corrected chi connectivity index (χ2v) is 17.0. The second kappa shape index (κ2) is 22.5. The number of halogens is 6. The molecular formula is C51H39Br2F4N9O3. The molecule has 0 fully saturated rings. The molecule has 0 aliphatic heterocycles. The van der Waals surface area contributed by atoms with Crippen LogP contribution in [0.2, 0.25) is 0 Å². The monoisotopic (exact) mass is 1060 g/mol. The quantitative estimate of drug-likeness (QED) is 0.119. The summed E-state index contributed by atoms with van der Waals surface area (Å²) in [5.74, 6) is -1.62. The number of aromatic nitrogens is 6. The van der Waals surface area contributed by atoms with Crippen LogP contribution in [0, 0.1) is 19.7 Å². The number of fused-ring (bicyclic) bond motifs is 3. The van der Waals surface area contributed by atoms with Crippen molar-refractivity contribution in [1.82, 2.24) is 45.9 Å². The number of aryl methyl sites for hydroxylation is 2. The van der Waals surface area contributed by atoms with Crippen LogP contribution >= 0.6 is 31.9 Å². The van der Waals surface area contributed by atoms with Crippen molar-refractivity contribution in [2.75, 3.05) is 0 Å². The predicted octanol–water partition coefficient (Wildman–Crippen LogP) is 11.0. The minimum absolute atomic E-state index is 0.0402. The van der Waals surface area contributed by atoms with E-state index < -0.39 is 29.2 Å². The number of nitrogens with zero attached hydrogens (tertiary/aromatic N) is 6. The smallest absolute Gasteiger partial charge is 0.348 e. The van der Waals surface area contributed by atoms with Crippen LogP contribution < -0.4 is 16.0 Å². The van der Waals surface area contributed by atoms with E-state index in [2.05, 4.69) is 77.7 Å². The first-order valence-electron chi connectivity index (χ1n) is 21.0. The molecule has 0 bridgehead atoms. The Morgan fingerprint density at radius 1 is 0.493 bits per heavy atom. The summed E-state index contributed by atoms with van der Waals surface area (Å²) in [5, 5.41) is 10.3. The molecule has 9 aromatic rings. The Morgan fingerprint density at radius 2 is 0.913 bits per heavy atom. The molecule has 6 heterocycles. The molecule has 348 valence electrons. The molecule has 3 N–H and O–H groups in total. The van der Waals surface area contributed by atoms with Gasteiger partial charge in [-0.15, -0.1) is 0 Å². The van der Waals surface area contributed by atoms with Crippen molar-refractivity contribution in [3.8, 4) is 0 Å². The largest absolute Gasteiger partial charge is 0.434 e. The maximum Gasteiger partial charge on any atom is 0.434 e. The topological polar surface area (TPSA) is 165 Å². The van der Waals surface area contributed by atoms with E-state index in [1.54, 1.807) is 12.4 Å². The first-order valence-corrected chi connectivity index (χ1v) is 22.6. The molecule has 12 nitrogen and oxygen atoms in total. The zero-order valence-electron chi connectivity index (χ0n) is 36.7. The van der Waals surface area contributed by atoms with Gasteiger partial charge in [-0.05, 0) is 122 Å². The van der Waals surface area contributed by atoms with Gasteiger partial charge in [-0.2, -0.15) is 13.2 Å². The van der Waals surface area contributed by atoms with Crippen molar-refractivity contribution in [2.24, 2.45) is 0 Å². The molecule has 0 aliphatic carbocycles. The van der Waals surface area contributed by atoms with Gasteiger partial charge in [0.25, 0.3) is 17.7 Å². The Hall–Kier alpha value is -7.57. The molecule has 0 unspecified atom stereocenters. The third kappa shape index (κ3) is 13.3. The van der Waals surface area contributed by atoms with Crippen LogP contribution in [-0.2, 0) is 25.8 Å². The highest BCUT2D eigenvalue weighted by Crippen LogP contribution is 2.32. The molecule has 69 heavy (non-hydrogen) atoms. The van der Waals surface area contributed by atoms with Crippen LogP contribution in [0.5, 0.6) is 0 Å². The van der Waals surface area contributed by atoms with Gasteiger partial charge in [0.15, 0.2) is 22.6 Å². The lowest BCUT2D eigenvalue weighted by Gasteiger charge is -2.13. The van der Waals surface area contributed by atoms with Crippen LogP contribution in [-0.4, -0.2) is 47.6 Å². The highest BCUT2D eigenvalue weighted by molar-refractivity contribution is 9.10. The van der Waals surface area contributed by atoms with Crippen molar-refractivity contribution < 1.29 is 31.9 Å². The second-order valence-electron chi connectivity index (χ2n) is 15.2. The summed E-state index contributed by atoms with van der Waals surface area (Å²) in [5.41, 5.74) is 4.49. The van der Waals surface area contributed by atoms with Crippen LogP contribution in [0.25, 0.3) is 33.1 Å². The van der Waals surface area contributed by atoms with Crippen molar-refractivity contribution in [3.05, 3.63) is 211 Å². The van der Waals surface area contributed by atoms with E-state index in [4.69, 9.17) is 0 Å². The lowest BCUT2D eigenvalue weighted by Crippen LogP contribution is -2.26. The lowest BCUT2D eigenvalue weighted by atomic mass is 10.1. The molecule has 0 aliphatic rings. The minimum atomic E-state index is -4.80. The average Bonchev–Trinajstić information content (AvgIpc) is 3.34. The number of carbonyl (C=O) groups excluding carboxylic acids is 3. The molecule has 9 rings (SSSR count). The molecule has 0 radical (unpaired) electrons. The Bertz CT molecular complexity index is 3310. The van der Waals surface area contributed by atoms with E-state index in [9.17, 15) is 31.9 Å². The molecule has 0 saturated heterocycles. The summed E-state index contributed by atoms with van der Waals surface area (Å²) in [6.45, 7) is 4.56. The van der Waals surface area contributed by atoms with Crippen LogP contribution in [0.4, 0.5) is 17.6 Å². The zero-order valence-corrected chi connectivity index (χ0v) is 39.8. The fourth-order valence-electron chi connectivity index (χ4n) is 6.73. The molecule has 0 atom stereocenters. The summed E-state index contributed by atoms with van der Waals surface area (Å²) in [6, 6.07) is 36.3. The normalized spacial score (nSPS) is 11.0. The average molecular weight is 1060 g/mol. The SMILES string of the molecule is Cc1nc2ncccc2cc1C(=O)NCc1ccc(Br)cc1.Cc1nc2ncccc2cc1C(=O)NCc1cccc(Br)c1.O=C(NCc1ccc(F)cc1)c1cc2cccnc2nc1C(F)(F)F. The summed E-state index contributed by atoms with van der Waals surface area (Å²) < 4.78 is 54.6. The standard InChI is InChI=1S/2C17H14BrN3O.C17H11F4N3O/c1-11-15(9-13-5-3-7-19-16(13)21-11)17(22)20-10-12-4-2-6-14(18)8-12;1-11-15(9-13-3-2-8-19-16(13)21-11)17(22)20-10-12-4-6-14(18)7-5-12;18-12-5-3-10(4-6-12)9-23-16(25)13-8-11-2-1-7-22-15(11)24-14(13)17(19,20)21/h2*2-9H,10H2,1H3,(H,20,22);1-8H,9H2,(H,23,25). The van der Waals surface area contributed by atoms with Gasteiger partial charge in [0.2, 0.25) is 0 Å². The van der Waals surface area contributed by atoms with E-state index in [0.29, 0.717) is 57.8 Å².